The zero-order valence-electron chi connectivity index (χ0n) is 15.8. The summed E-state index contributed by atoms with van der Waals surface area (Å²) in [5.41, 5.74) is 3.06. The highest BCUT2D eigenvalue weighted by molar-refractivity contribution is 8.03. The largest absolute Gasteiger partial charge is 0.353 e. The van der Waals surface area contributed by atoms with Gasteiger partial charge in [-0.1, -0.05) is 23.7 Å². The van der Waals surface area contributed by atoms with E-state index in [0.717, 1.165) is 10.6 Å². The van der Waals surface area contributed by atoms with Gasteiger partial charge >= 0.3 is 0 Å². The Morgan fingerprint density at radius 2 is 2.17 bits per heavy atom. The molecule has 1 atom stereocenters. The van der Waals surface area contributed by atoms with Gasteiger partial charge < -0.3 is 10.6 Å². The summed E-state index contributed by atoms with van der Waals surface area (Å²) in [7, 11) is 0. The first kappa shape index (κ1) is 20.7. The fourth-order valence-electron chi connectivity index (χ4n) is 3.08. The lowest BCUT2D eigenvalue weighted by Crippen LogP contribution is -2.30. The first-order chi connectivity index (χ1) is 14.0. The van der Waals surface area contributed by atoms with Crippen LogP contribution < -0.4 is 10.6 Å². The molecule has 2 heterocycles. The van der Waals surface area contributed by atoms with E-state index in [1.54, 1.807) is 48.8 Å². The van der Waals surface area contributed by atoms with Gasteiger partial charge in [0.05, 0.1) is 22.6 Å². The Morgan fingerprint density at radius 3 is 2.79 bits per heavy atom. The number of carbonyl (C=O) groups excluding carboxylic acids is 1. The van der Waals surface area contributed by atoms with Gasteiger partial charge in [0.25, 0.3) is 5.91 Å². The number of nitrogens with zero attached hydrogens (tertiary/aromatic N) is 2. The Kier molecular flexibility index (Phi) is 6.76. The predicted molar refractivity (Wildman–Crippen MR) is 118 cm³/mol. The van der Waals surface area contributed by atoms with E-state index in [2.05, 4.69) is 28.3 Å². The van der Waals surface area contributed by atoms with Crippen LogP contribution in [0.15, 0.2) is 83.3 Å². The van der Waals surface area contributed by atoms with Crippen molar-refractivity contribution in [1.29, 1.82) is 5.26 Å². The molecule has 0 radical (unpaired) electrons. The van der Waals surface area contributed by atoms with E-state index in [1.165, 1.54) is 11.8 Å². The quantitative estimate of drug-likeness (QED) is 0.641. The maximum absolute atomic E-state index is 13.2. The summed E-state index contributed by atoms with van der Waals surface area (Å²) in [5, 5.41) is 17.4. The number of thioether (sulfide) groups is 1. The van der Waals surface area contributed by atoms with Crippen molar-refractivity contribution in [2.24, 2.45) is 0 Å². The van der Waals surface area contributed by atoms with Crippen LogP contribution >= 0.6 is 23.4 Å². The lowest BCUT2D eigenvalue weighted by atomic mass is 9.83. The molecule has 0 unspecified atom stereocenters. The fraction of sp³-hybridized carbons (Fsp3) is 0.136. The topological polar surface area (TPSA) is 77.8 Å². The highest BCUT2D eigenvalue weighted by atomic mass is 35.5. The zero-order valence-corrected chi connectivity index (χ0v) is 17.3. The summed E-state index contributed by atoms with van der Waals surface area (Å²) < 4.78 is 0. The van der Waals surface area contributed by atoms with Crippen molar-refractivity contribution in [2.45, 2.75) is 12.8 Å². The monoisotopic (exact) mass is 422 g/mol. The van der Waals surface area contributed by atoms with Crippen LogP contribution in [-0.4, -0.2) is 16.6 Å². The number of hydrogen-bond donors (Lipinski definition) is 2. The SMILES string of the molecule is C=CCSC1=C(C#N)[C@H](c2cccnc2)C(C(=O)Nc2ccc(Cl)cc2)=C(C)N1. The van der Waals surface area contributed by atoms with Crippen molar-refractivity contribution < 1.29 is 4.79 Å². The lowest BCUT2D eigenvalue weighted by molar-refractivity contribution is -0.113. The summed E-state index contributed by atoms with van der Waals surface area (Å²) in [6, 6.07) is 12.8. The Hall–Kier alpha value is -3.01. The van der Waals surface area contributed by atoms with E-state index >= 15 is 0 Å². The van der Waals surface area contributed by atoms with E-state index < -0.39 is 5.92 Å². The highest BCUT2D eigenvalue weighted by Gasteiger charge is 2.34. The molecule has 1 aliphatic rings. The number of anilines is 1. The maximum atomic E-state index is 13.2. The molecule has 29 heavy (non-hydrogen) atoms. The normalized spacial score (nSPS) is 16.1. The van der Waals surface area contributed by atoms with Gasteiger partial charge in [0.15, 0.2) is 0 Å². The Balaban J connectivity index is 2.03. The van der Waals surface area contributed by atoms with Crippen molar-refractivity contribution in [3.05, 3.63) is 93.9 Å². The van der Waals surface area contributed by atoms with Gasteiger partial charge in [0, 0.05) is 40.1 Å². The number of halogens is 1. The van der Waals surface area contributed by atoms with Crippen LogP contribution in [0.4, 0.5) is 5.69 Å². The van der Waals surface area contributed by atoms with Crippen molar-refractivity contribution >= 4 is 35.0 Å². The molecular formula is C22H19ClN4OS. The smallest absolute Gasteiger partial charge is 0.254 e. The average molecular weight is 423 g/mol. The minimum Gasteiger partial charge on any atom is -0.353 e. The van der Waals surface area contributed by atoms with Gasteiger partial charge in [0.2, 0.25) is 0 Å². The van der Waals surface area contributed by atoms with Crippen LogP contribution in [0, 0.1) is 11.3 Å². The number of carbonyl (C=O) groups is 1. The number of dihydropyridines is 1. The summed E-state index contributed by atoms with van der Waals surface area (Å²) in [4.78, 5) is 17.4. The standard InChI is InChI=1S/C22H19ClN4OS/c1-3-11-29-22-18(12-24)20(15-5-4-10-25-13-15)19(14(2)26-22)21(28)27-17-8-6-16(23)7-9-17/h3-10,13,20,26H,1,11H2,2H3,(H,27,28)/t20-/m0/s1. The molecule has 0 saturated carbocycles. The Morgan fingerprint density at radius 1 is 1.41 bits per heavy atom. The van der Waals surface area contributed by atoms with E-state index in [-0.39, 0.29) is 5.91 Å². The average Bonchev–Trinajstić information content (AvgIpc) is 2.73. The van der Waals surface area contributed by atoms with Crippen LogP contribution in [0.2, 0.25) is 5.02 Å². The van der Waals surface area contributed by atoms with Crippen molar-refractivity contribution in [1.82, 2.24) is 10.3 Å². The third kappa shape index (κ3) is 4.70. The van der Waals surface area contributed by atoms with Gasteiger partial charge in [-0.25, -0.2) is 0 Å². The van der Waals surface area contributed by atoms with Crippen LogP contribution in [0.5, 0.6) is 0 Å². The number of allylic oxidation sites excluding steroid dienone is 2. The van der Waals surface area contributed by atoms with E-state index in [9.17, 15) is 10.1 Å². The van der Waals surface area contributed by atoms with Crippen LogP contribution in [0.1, 0.15) is 18.4 Å². The first-order valence-corrected chi connectivity index (χ1v) is 10.2. The van der Waals surface area contributed by atoms with Crippen LogP contribution in [0.25, 0.3) is 0 Å². The number of pyridine rings is 1. The van der Waals surface area contributed by atoms with Gasteiger partial charge in [-0.05, 0) is 42.8 Å². The molecule has 0 bridgehead atoms. The number of nitriles is 1. The maximum Gasteiger partial charge on any atom is 0.254 e. The molecule has 1 aromatic carbocycles. The minimum absolute atomic E-state index is 0.285. The second-order valence-corrected chi connectivity index (χ2v) is 7.77. The lowest BCUT2D eigenvalue weighted by Gasteiger charge is -2.29. The molecule has 5 nitrogen and oxygen atoms in total. The molecule has 3 rings (SSSR count). The summed E-state index contributed by atoms with van der Waals surface area (Å²) in [6.45, 7) is 5.57. The van der Waals surface area contributed by atoms with Crippen molar-refractivity contribution in [2.75, 3.05) is 11.1 Å². The van der Waals surface area contributed by atoms with E-state index in [1.807, 2.05) is 13.0 Å². The molecule has 1 aromatic heterocycles. The molecule has 7 heteroatoms. The highest BCUT2D eigenvalue weighted by Crippen LogP contribution is 2.40. The molecule has 1 amide bonds. The molecule has 2 N–H and O–H groups in total. The zero-order chi connectivity index (χ0) is 20.8. The molecule has 1 aliphatic heterocycles. The molecule has 0 fully saturated rings. The second-order valence-electron chi connectivity index (χ2n) is 6.30. The number of hydrogen-bond acceptors (Lipinski definition) is 5. The number of benzene rings is 1. The first-order valence-electron chi connectivity index (χ1n) is 8.87. The third-order valence-corrected chi connectivity index (χ3v) is 5.62. The minimum atomic E-state index is -0.519. The van der Waals surface area contributed by atoms with Gasteiger partial charge in [-0.2, -0.15) is 5.26 Å². The molecule has 0 spiro atoms. The molecular weight excluding hydrogens is 404 g/mol. The van der Waals surface area contributed by atoms with Gasteiger partial charge in [-0.3, -0.25) is 9.78 Å². The van der Waals surface area contributed by atoms with Gasteiger partial charge in [-0.15, -0.1) is 18.3 Å². The van der Waals surface area contributed by atoms with E-state index in [0.29, 0.717) is 33.3 Å². The fourth-order valence-corrected chi connectivity index (χ4v) is 4.04. The number of aromatic nitrogens is 1. The van der Waals surface area contributed by atoms with Crippen molar-refractivity contribution in [3.63, 3.8) is 0 Å². The second kappa shape index (κ2) is 9.46. The predicted octanol–water partition coefficient (Wildman–Crippen LogP) is 4.99. The number of amides is 1. The summed E-state index contributed by atoms with van der Waals surface area (Å²) >= 11 is 7.41. The third-order valence-electron chi connectivity index (χ3n) is 4.36. The summed E-state index contributed by atoms with van der Waals surface area (Å²) in [6.07, 6.45) is 5.12. The molecule has 2 aromatic rings. The summed E-state index contributed by atoms with van der Waals surface area (Å²) in [5.74, 6) is -0.159. The molecule has 0 aliphatic carbocycles. The Bertz CT molecular complexity index is 1020. The molecule has 0 saturated heterocycles. The Labute approximate surface area is 179 Å². The number of rotatable bonds is 6. The van der Waals surface area contributed by atoms with Gasteiger partial charge in [0.1, 0.15) is 0 Å². The number of nitrogens with one attached hydrogen (secondary N) is 2. The molecule has 146 valence electrons. The van der Waals surface area contributed by atoms with Crippen molar-refractivity contribution in [3.8, 4) is 6.07 Å². The van der Waals surface area contributed by atoms with E-state index in [4.69, 9.17) is 11.6 Å². The van der Waals surface area contributed by atoms with Crippen LogP contribution in [-0.2, 0) is 4.79 Å². The van der Waals surface area contributed by atoms with Crippen LogP contribution in [0.3, 0.4) is 0 Å².